The van der Waals surface area contributed by atoms with Crippen molar-refractivity contribution in [2.45, 2.75) is 39.7 Å². The van der Waals surface area contributed by atoms with Gasteiger partial charge in [0.15, 0.2) is 5.96 Å². The Morgan fingerprint density at radius 3 is 2.32 bits per heavy atom. The molecule has 156 valence electrons. The Morgan fingerprint density at radius 2 is 1.79 bits per heavy atom. The lowest BCUT2D eigenvalue weighted by Gasteiger charge is -2.21. The van der Waals surface area contributed by atoms with Gasteiger partial charge in [-0.3, -0.25) is 0 Å². The van der Waals surface area contributed by atoms with E-state index in [0.717, 1.165) is 11.8 Å². The topological polar surface area (TPSA) is 69.8 Å². The molecule has 5 nitrogen and oxygen atoms in total. The number of guanidine groups is 1. The van der Waals surface area contributed by atoms with Crippen molar-refractivity contribution in [1.82, 2.24) is 10.6 Å². The average Bonchev–Trinajstić information content (AvgIpc) is 2.91. The van der Waals surface area contributed by atoms with E-state index in [4.69, 9.17) is 4.42 Å². The van der Waals surface area contributed by atoms with Crippen LogP contribution in [0.5, 0.6) is 0 Å². The lowest BCUT2D eigenvalue weighted by molar-refractivity contribution is 0.0657. The Balaban J connectivity index is 0.00000392. The third kappa shape index (κ3) is 7.05. The van der Waals surface area contributed by atoms with Gasteiger partial charge in [0.05, 0.1) is 6.54 Å². The lowest BCUT2D eigenvalue weighted by atomic mass is 9.96. The quantitative estimate of drug-likeness (QED) is 0.303. The molecule has 8 heteroatoms. The summed E-state index contributed by atoms with van der Waals surface area (Å²) in [7, 11) is 0. The summed E-state index contributed by atoms with van der Waals surface area (Å²) in [6, 6.07) is 5.28. The first kappa shape index (κ1) is 24.4. The molecule has 1 aromatic carbocycles. The smallest absolute Gasteiger partial charge is 0.191 e. The van der Waals surface area contributed by atoms with E-state index in [1.54, 1.807) is 6.92 Å². The minimum absolute atomic E-state index is 0. The van der Waals surface area contributed by atoms with Crippen LogP contribution in [0.4, 0.5) is 8.78 Å². The molecular weight excluding hydrogens is 479 g/mol. The number of nitrogens with zero attached hydrogens (tertiary/aromatic N) is 1. The molecule has 2 aromatic rings. The third-order valence-electron chi connectivity index (χ3n) is 4.14. The van der Waals surface area contributed by atoms with Crippen molar-refractivity contribution in [3.8, 4) is 0 Å². The summed E-state index contributed by atoms with van der Waals surface area (Å²) < 4.78 is 32.0. The Bertz CT molecular complexity index is 786. The molecule has 0 aliphatic rings. The summed E-state index contributed by atoms with van der Waals surface area (Å²) >= 11 is 0. The van der Waals surface area contributed by atoms with Gasteiger partial charge in [-0.25, -0.2) is 13.8 Å². The molecule has 0 fully saturated rings. The molecule has 1 atom stereocenters. The first-order chi connectivity index (χ1) is 12.7. The van der Waals surface area contributed by atoms with Crippen molar-refractivity contribution in [3.05, 3.63) is 58.5 Å². The van der Waals surface area contributed by atoms with Crippen LogP contribution in [0.1, 0.15) is 36.5 Å². The van der Waals surface area contributed by atoms with Gasteiger partial charge >= 0.3 is 0 Å². The standard InChI is InChI=1S/C20H27F2N3O2.HI/c1-5-23-19(24-7-6-15-9-16(21)11-17(22)10-15)25-12-20(4,26)18-8-13(2)27-14(18)3;/h8-11,26H,5-7,12H2,1-4H3,(H2,23,24,25);1H. The number of aryl methyl sites for hydroxylation is 2. The Hall–Kier alpha value is -1.68. The van der Waals surface area contributed by atoms with Crippen LogP contribution in [0.2, 0.25) is 0 Å². The van der Waals surface area contributed by atoms with Crippen molar-refractivity contribution >= 4 is 29.9 Å². The van der Waals surface area contributed by atoms with E-state index in [-0.39, 0.29) is 30.5 Å². The second-order valence-corrected chi connectivity index (χ2v) is 6.75. The molecule has 0 bridgehead atoms. The number of benzene rings is 1. The van der Waals surface area contributed by atoms with Crippen LogP contribution in [-0.2, 0) is 12.0 Å². The zero-order valence-corrected chi connectivity index (χ0v) is 18.9. The summed E-state index contributed by atoms with van der Waals surface area (Å²) in [5.74, 6) is 0.741. The maximum absolute atomic E-state index is 13.3. The Morgan fingerprint density at radius 1 is 1.14 bits per heavy atom. The van der Waals surface area contributed by atoms with Crippen molar-refractivity contribution in [2.24, 2.45) is 4.99 Å². The zero-order chi connectivity index (χ0) is 20.0. The SMILES string of the molecule is CCNC(=NCC(C)(O)c1cc(C)oc1C)NCCc1cc(F)cc(F)c1.I. The predicted molar refractivity (Wildman–Crippen MR) is 117 cm³/mol. The van der Waals surface area contributed by atoms with E-state index in [2.05, 4.69) is 15.6 Å². The number of hydrogen-bond donors (Lipinski definition) is 3. The number of nitrogens with one attached hydrogen (secondary N) is 2. The number of hydrogen-bond acceptors (Lipinski definition) is 3. The molecule has 1 heterocycles. The molecule has 0 amide bonds. The molecule has 0 spiro atoms. The molecular formula is C20H28F2IN3O2. The minimum atomic E-state index is -1.17. The third-order valence-corrected chi connectivity index (χ3v) is 4.14. The van der Waals surface area contributed by atoms with Crippen LogP contribution in [0.25, 0.3) is 0 Å². The van der Waals surface area contributed by atoms with Gasteiger partial charge in [-0.05, 0) is 57.9 Å². The predicted octanol–water partition coefficient (Wildman–Crippen LogP) is 3.80. The van der Waals surface area contributed by atoms with Gasteiger partial charge in [-0.15, -0.1) is 24.0 Å². The van der Waals surface area contributed by atoms with E-state index in [1.165, 1.54) is 12.1 Å². The van der Waals surface area contributed by atoms with Crippen molar-refractivity contribution in [3.63, 3.8) is 0 Å². The van der Waals surface area contributed by atoms with Crippen LogP contribution in [-0.4, -0.2) is 30.7 Å². The van der Waals surface area contributed by atoms with E-state index in [0.29, 0.717) is 42.4 Å². The largest absolute Gasteiger partial charge is 0.466 e. The van der Waals surface area contributed by atoms with E-state index in [9.17, 15) is 13.9 Å². The monoisotopic (exact) mass is 507 g/mol. The lowest BCUT2D eigenvalue weighted by Crippen LogP contribution is -2.39. The van der Waals surface area contributed by atoms with Gasteiger partial charge in [0.2, 0.25) is 0 Å². The summed E-state index contributed by atoms with van der Waals surface area (Å²) in [5.41, 5.74) is 0.0952. The molecule has 0 saturated carbocycles. The van der Waals surface area contributed by atoms with Crippen LogP contribution in [0.15, 0.2) is 33.7 Å². The Kier molecular flexibility index (Phi) is 9.35. The van der Waals surface area contributed by atoms with E-state index >= 15 is 0 Å². The summed E-state index contributed by atoms with van der Waals surface area (Å²) in [6.45, 7) is 8.48. The molecule has 1 aromatic heterocycles. The fourth-order valence-corrected chi connectivity index (χ4v) is 2.91. The molecule has 0 radical (unpaired) electrons. The highest BCUT2D eigenvalue weighted by Gasteiger charge is 2.27. The van der Waals surface area contributed by atoms with Crippen LogP contribution in [0, 0.1) is 25.5 Å². The summed E-state index contributed by atoms with van der Waals surface area (Å²) in [5, 5.41) is 17.0. The summed E-state index contributed by atoms with van der Waals surface area (Å²) in [6.07, 6.45) is 0.440. The van der Waals surface area contributed by atoms with Gasteiger partial charge in [0.25, 0.3) is 0 Å². The molecule has 3 N–H and O–H groups in total. The minimum Gasteiger partial charge on any atom is -0.466 e. The number of furan rings is 1. The van der Waals surface area contributed by atoms with Gasteiger partial charge in [0, 0.05) is 24.7 Å². The molecule has 0 aliphatic carbocycles. The molecule has 0 aliphatic heterocycles. The maximum Gasteiger partial charge on any atom is 0.191 e. The van der Waals surface area contributed by atoms with Gasteiger partial charge in [-0.1, -0.05) is 0 Å². The van der Waals surface area contributed by atoms with Crippen LogP contribution >= 0.6 is 24.0 Å². The molecule has 1 unspecified atom stereocenters. The molecule has 2 rings (SSSR count). The van der Waals surface area contributed by atoms with E-state index < -0.39 is 17.2 Å². The normalized spacial score (nSPS) is 13.6. The number of aliphatic hydroxyl groups is 1. The zero-order valence-electron chi connectivity index (χ0n) is 16.6. The van der Waals surface area contributed by atoms with Crippen molar-refractivity contribution < 1.29 is 18.3 Å². The van der Waals surface area contributed by atoms with E-state index in [1.807, 2.05) is 26.8 Å². The first-order valence-corrected chi connectivity index (χ1v) is 8.98. The fourth-order valence-electron chi connectivity index (χ4n) is 2.91. The maximum atomic E-state index is 13.3. The highest BCUT2D eigenvalue weighted by molar-refractivity contribution is 14.0. The van der Waals surface area contributed by atoms with Gasteiger partial charge in [-0.2, -0.15) is 0 Å². The first-order valence-electron chi connectivity index (χ1n) is 8.98. The molecule has 28 heavy (non-hydrogen) atoms. The van der Waals surface area contributed by atoms with Gasteiger partial charge in [0.1, 0.15) is 28.8 Å². The number of halogens is 3. The number of aliphatic imine (C=N–C) groups is 1. The van der Waals surface area contributed by atoms with Gasteiger partial charge < -0.3 is 20.2 Å². The van der Waals surface area contributed by atoms with Crippen LogP contribution in [0.3, 0.4) is 0 Å². The fraction of sp³-hybridized carbons (Fsp3) is 0.450. The Labute approximate surface area is 181 Å². The van der Waals surface area contributed by atoms with Crippen molar-refractivity contribution in [2.75, 3.05) is 19.6 Å². The highest BCUT2D eigenvalue weighted by Crippen LogP contribution is 2.27. The summed E-state index contributed by atoms with van der Waals surface area (Å²) in [4.78, 5) is 4.43. The average molecular weight is 507 g/mol. The number of rotatable bonds is 7. The highest BCUT2D eigenvalue weighted by atomic mass is 127. The second kappa shape index (κ2) is 10.8. The molecule has 0 saturated heterocycles. The van der Waals surface area contributed by atoms with Crippen LogP contribution < -0.4 is 10.6 Å². The van der Waals surface area contributed by atoms with Crippen molar-refractivity contribution in [1.29, 1.82) is 0 Å². The second-order valence-electron chi connectivity index (χ2n) is 6.75.